The molecule has 0 aromatic heterocycles. The minimum atomic E-state index is -0.0668. The van der Waals surface area contributed by atoms with Gasteiger partial charge in [-0.2, -0.15) is 0 Å². The van der Waals surface area contributed by atoms with E-state index in [4.69, 9.17) is 0 Å². The Hall–Kier alpha value is -6.50. The van der Waals surface area contributed by atoms with Crippen LogP contribution in [0.3, 0.4) is 0 Å². The molecular formula is C53H36. The molecule has 0 saturated heterocycles. The number of benzene rings is 10. The van der Waals surface area contributed by atoms with Crippen LogP contribution in [0.15, 0.2) is 182 Å². The second kappa shape index (κ2) is 11.2. The Kier molecular flexibility index (Phi) is 6.40. The van der Waals surface area contributed by atoms with Crippen LogP contribution in [0, 0.1) is 0 Å². The molecule has 0 unspecified atom stereocenters. The van der Waals surface area contributed by atoms with Gasteiger partial charge in [0, 0.05) is 5.41 Å². The summed E-state index contributed by atoms with van der Waals surface area (Å²) in [6.45, 7) is 4.76. The summed E-state index contributed by atoms with van der Waals surface area (Å²) < 4.78 is 0. The zero-order chi connectivity index (χ0) is 35.3. The average molecular weight is 673 g/mol. The number of fused-ring (bicyclic) bond motifs is 10. The molecule has 0 radical (unpaired) electrons. The third-order valence-corrected chi connectivity index (χ3v) is 12.0. The molecular weight excluding hydrogens is 637 g/mol. The van der Waals surface area contributed by atoms with E-state index in [0.717, 1.165) is 0 Å². The molecule has 0 bridgehead atoms. The van der Waals surface area contributed by atoms with Gasteiger partial charge in [0.2, 0.25) is 0 Å². The van der Waals surface area contributed by atoms with E-state index < -0.39 is 0 Å². The summed E-state index contributed by atoms with van der Waals surface area (Å²) in [7, 11) is 0. The van der Waals surface area contributed by atoms with Gasteiger partial charge in [0.1, 0.15) is 0 Å². The molecule has 0 saturated carbocycles. The van der Waals surface area contributed by atoms with Crippen molar-refractivity contribution in [2.75, 3.05) is 0 Å². The summed E-state index contributed by atoms with van der Waals surface area (Å²) in [5.41, 5.74) is 13.0. The monoisotopic (exact) mass is 672 g/mol. The largest absolute Gasteiger partial charge is 0.0616 e. The van der Waals surface area contributed by atoms with Crippen molar-refractivity contribution in [1.29, 1.82) is 0 Å². The first-order valence-corrected chi connectivity index (χ1v) is 18.7. The fourth-order valence-electron chi connectivity index (χ4n) is 9.64. The van der Waals surface area contributed by atoms with E-state index in [-0.39, 0.29) is 5.41 Å². The van der Waals surface area contributed by atoms with Gasteiger partial charge in [0.15, 0.2) is 0 Å². The minimum absolute atomic E-state index is 0.0668. The second-order valence-electron chi connectivity index (χ2n) is 15.2. The van der Waals surface area contributed by atoms with Gasteiger partial charge < -0.3 is 0 Å². The van der Waals surface area contributed by atoms with Crippen LogP contribution in [0.1, 0.15) is 25.0 Å². The van der Waals surface area contributed by atoms with Crippen molar-refractivity contribution < 1.29 is 0 Å². The van der Waals surface area contributed by atoms with Crippen LogP contribution in [0.4, 0.5) is 0 Å². The lowest BCUT2D eigenvalue weighted by atomic mass is 9.80. The van der Waals surface area contributed by atoms with Gasteiger partial charge in [-0.15, -0.1) is 0 Å². The lowest BCUT2D eigenvalue weighted by molar-refractivity contribution is 0.666. The topological polar surface area (TPSA) is 0 Å². The highest BCUT2D eigenvalue weighted by molar-refractivity contribution is 6.25. The first kappa shape index (κ1) is 30.2. The number of rotatable bonds is 3. The summed E-state index contributed by atoms with van der Waals surface area (Å²) in [4.78, 5) is 0. The van der Waals surface area contributed by atoms with Crippen molar-refractivity contribution in [3.8, 4) is 44.5 Å². The Morgan fingerprint density at radius 2 is 0.849 bits per heavy atom. The third kappa shape index (κ3) is 4.36. The van der Waals surface area contributed by atoms with Crippen LogP contribution in [0.5, 0.6) is 0 Å². The molecule has 248 valence electrons. The Balaban J connectivity index is 1.12. The first-order valence-electron chi connectivity index (χ1n) is 18.7. The van der Waals surface area contributed by atoms with Gasteiger partial charge in [-0.3, -0.25) is 0 Å². The van der Waals surface area contributed by atoms with E-state index in [1.54, 1.807) is 0 Å². The Morgan fingerprint density at radius 1 is 0.302 bits per heavy atom. The number of hydrogen-bond acceptors (Lipinski definition) is 0. The van der Waals surface area contributed by atoms with E-state index in [9.17, 15) is 0 Å². The zero-order valence-corrected chi connectivity index (χ0v) is 29.8. The van der Waals surface area contributed by atoms with E-state index in [1.807, 2.05) is 0 Å². The predicted octanol–water partition coefficient (Wildman–Crippen LogP) is 14.8. The highest BCUT2D eigenvalue weighted by Gasteiger charge is 2.37. The Morgan fingerprint density at radius 3 is 1.58 bits per heavy atom. The van der Waals surface area contributed by atoms with Gasteiger partial charge >= 0.3 is 0 Å². The van der Waals surface area contributed by atoms with Gasteiger partial charge in [0.25, 0.3) is 0 Å². The SMILES string of the molecule is CC1(C)c2ccc(-c3cccc(-c4c5ccccc5c(-c5cccc6c5ccc5ccccc56)c5ccccc45)c3)cc2-c2ccc3ccccc3c21. The molecule has 0 aliphatic heterocycles. The van der Waals surface area contributed by atoms with Crippen LogP contribution in [0.25, 0.3) is 98.4 Å². The molecule has 0 heteroatoms. The van der Waals surface area contributed by atoms with Crippen molar-refractivity contribution in [3.05, 3.63) is 193 Å². The highest BCUT2D eigenvalue weighted by Crippen LogP contribution is 2.52. The fourth-order valence-corrected chi connectivity index (χ4v) is 9.64. The predicted molar refractivity (Wildman–Crippen MR) is 228 cm³/mol. The fraction of sp³-hybridized carbons (Fsp3) is 0.0566. The molecule has 0 fully saturated rings. The molecule has 0 nitrogen and oxygen atoms in total. The van der Waals surface area contributed by atoms with Gasteiger partial charge in [-0.25, -0.2) is 0 Å². The third-order valence-electron chi connectivity index (χ3n) is 12.0. The Bertz CT molecular complexity index is 3080. The maximum absolute atomic E-state index is 2.43. The van der Waals surface area contributed by atoms with E-state index >= 15 is 0 Å². The van der Waals surface area contributed by atoms with Gasteiger partial charge in [-0.1, -0.05) is 184 Å². The summed E-state index contributed by atoms with van der Waals surface area (Å²) in [6, 6.07) is 67.9. The summed E-state index contributed by atoms with van der Waals surface area (Å²) in [5, 5.41) is 12.9. The average Bonchev–Trinajstić information content (AvgIpc) is 3.45. The molecule has 1 aliphatic carbocycles. The standard InChI is InChI=1S/C53H36/c1-53(2)49-30-27-36(32-48(49)47-29-26-34-14-4-6-18-39(34)52(47)53)35-15-11-16-37(31-35)50-43-19-7-9-21-45(43)51(46-22-10-8-20-44(46)50)42-24-12-23-40-38-17-5-3-13-33(38)25-28-41(40)42/h3-32H,1-2H3. The van der Waals surface area contributed by atoms with Crippen molar-refractivity contribution in [3.63, 3.8) is 0 Å². The van der Waals surface area contributed by atoms with Crippen LogP contribution < -0.4 is 0 Å². The molecule has 0 amide bonds. The first-order chi connectivity index (χ1) is 26.1. The van der Waals surface area contributed by atoms with Crippen molar-refractivity contribution in [1.82, 2.24) is 0 Å². The molecule has 10 aromatic rings. The molecule has 0 N–H and O–H groups in total. The maximum atomic E-state index is 2.43. The number of hydrogen-bond donors (Lipinski definition) is 0. The van der Waals surface area contributed by atoms with Crippen LogP contribution in [-0.2, 0) is 5.41 Å². The highest BCUT2D eigenvalue weighted by atomic mass is 14.4. The van der Waals surface area contributed by atoms with E-state index in [0.29, 0.717) is 0 Å². The van der Waals surface area contributed by atoms with Crippen molar-refractivity contribution in [2.24, 2.45) is 0 Å². The summed E-state index contributed by atoms with van der Waals surface area (Å²) in [5.74, 6) is 0. The Labute approximate surface area is 309 Å². The zero-order valence-electron chi connectivity index (χ0n) is 29.8. The summed E-state index contributed by atoms with van der Waals surface area (Å²) >= 11 is 0. The van der Waals surface area contributed by atoms with Crippen LogP contribution in [-0.4, -0.2) is 0 Å². The minimum Gasteiger partial charge on any atom is -0.0616 e. The summed E-state index contributed by atoms with van der Waals surface area (Å²) in [6.07, 6.45) is 0. The maximum Gasteiger partial charge on any atom is 0.0165 e. The molecule has 53 heavy (non-hydrogen) atoms. The van der Waals surface area contributed by atoms with Crippen LogP contribution in [0.2, 0.25) is 0 Å². The smallest absolute Gasteiger partial charge is 0.0165 e. The second-order valence-corrected chi connectivity index (χ2v) is 15.2. The molecule has 11 rings (SSSR count). The molecule has 10 aromatic carbocycles. The molecule has 0 atom stereocenters. The normalized spacial score (nSPS) is 13.2. The van der Waals surface area contributed by atoms with Crippen LogP contribution >= 0.6 is 0 Å². The van der Waals surface area contributed by atoms with Crippen molar-refractivity contribution >= 4 is 53.9 Å². The lowest BCUT2D eigenvalue weighted by Crippen LogP contribution is -2.15. The lowest BCUT2D eigenvalue weighted by Gasteiger charge is -2.23. The van der Waals surface area contributed by atoms with Crippen molar-refractivity contribution in [2.45, 2.75) is 19.3 Å². The van der Waals surface area contributed by atoms with E-state index in [1.165, 1.54) is 109 Å². The quantitative estimate of drug-likeness (QED) is 0.129. The molecule has 1 aliphatic rings. The van der Waals surface area contributed by atoms with Gasteiger partial charge in [-0.05, 0) is 122 Å². The van der Waals surface area contributed by atoms with E-state index in [2.05, 4.69) is 196 Å². The van der Waals surface area contributed by atoms with Gasteiger partial charge in [0.05, 0.1) is 0 Å². The molecule has 0 heterocycles. The molecule has 0 spiro atoms.